The third kappa shape index (κ3) is 4.96. The standard InChI is InChI=1S/C42H27N5S/c1-3-9-27(10-4-1)41-35-19-17-33(46-35)39(29-13-7-23-43-25-29)31-15-16-32(45-31)40(30-14-8-24-44-26-30)34-18-20-36(47-34)42(28-11-5-2-6-12-28)38-22-21-37(41)48-38/h1-26,45H. The van der Waals surface area contributed by atoms with Crippen LogP contribution in [0.15, 0.2) is 134 Å². The first-order valence-corrected chi connectivity index (χ1v) is 16.6. The second-order valence-electron chi connectivity index (χ2n) is 11.6. The molecule has 2 aliphatic rings. The molecule has 48 heavy (non-hydrogen) atoms. The van der Waals surface area contributed by atoms with Crippen molar-refractivity contribution in [2.75, 3.05) is 0 Å². The highest BCUT2D eigenvalue weighted by atomic mass is 32.1. The van der Waals surface area contributed by atoms with E-state index in [1.807, 2.05) is 24.5 Å². The molecule has 226 valence electrons. The molecule has 0 fully saturated rings. The zero-order valence-electron chi connectivity index (χ0n) is 25.7. The maximum Gasteiger partial charge on any atom is 0.0737 e. The van der Waals surface area contributed by atoms with Gasteiger partial charge in [0, 0.05) is 78.6 Å². The number of pyridine rings is 2. The normalized spacial score (nSPS) is 12.0. The first-order chi connectivity index (χ1) is 23.8. The number of nitrogens with zero attached hydrogens (tertiary/aromatic N) is 4. The van der Waals surface area contributed by atoms with Crippen molar-refractivity contribution in [3.63, 3.8) is 0 Å². The zero-order chi connectivity index (χ0) is 31.9. The van der Waals surface area contributed by atoms with E-state index >= 15 is 0 Å². The van der Waals surface area contributed by atoms with Crippen LogP contribution in [-0.2, 0) is 0 Å². The summed E-state index contributed by atoms with van der Waals surface area (Å²) in [6, 6.07) is 37.9. The second kappa shape index (κ2) is 11.8. The molecule has 6 heteroatoms. The van der Waals surface area contributed by atoms with Gasteiger partial charge in [-0.1, -0.05) is 72.8 Å². The van der Waals surface area contributed by atoms with E-state index in [1.165, 1.54) is 0 Å². The molecule has 2 aromatic carbocycles. The summed E-state index contributed by atoms with van der Waals surface area (Å²) in [7, 11) is 0. The molecular formula is C42H27N5S. The van der Waals surface area contributed by atoms with Gasteiger partial charge in [-0.15, -0.1) is 11.3 Å². The lowest BCUT2D eigenvalue weighted by molar-refractivity contribution is 1.29. The van der Waals surface area contributed by atoms with Crippen LogP contribution in [0.3, 0.4) is 0 Å². The fourth-order valence-electron chi connectivity index (χ4n) is 6.52. The maximum absolute atomic E-state index is 5.34. The van der Waals surface area contributed by atoms with Crippen molar-refractivity contribution in [2.24, 2.45) is 0 Å². The summed E-state index contributed by atoms with van der Waals surface area (Å²) in [6.45, 7) is 0. The maximum atomic E-state index is 5.34. The van der Waals surface area contributed by atoms with E-state index in [4.69, 9.17) is 9.97 Å². The molecular weight excluding hydrogens is 607 g/mol. The highest BCUT2D eigenvalue weighted by molar-refractivity contribution is 7.24. The SMILES string of the molecule is C1=Cc2nc1c(-c1cccnc1)c1ccc([nH]1)c(-c1cccnc1)c1nc(c(-c3ccccc3)c3ccc(s3)c2-c2ccccc2)C=C1. The van der Waals surface area contributed by atoms with Crippen molar-refractivity contribution in [3.05, 3.63) is 157 Å². The minimum absolute atomic E-state index is 0.872. The molecule has 0 radical (unpaired) electrons. The summed E-state index contributed by atoms with van der Waals surface area (Å²) in [4.78, 5) is 23.4. The number of rotatable bonds is 4. The lowest BCUT2D eigenvalue weighted by Gasteiger charge is -2.06. The zero-order valence-corrected chi connectivity index (χ0v) is 26.5. The van der Waals surface area contributed by atoms with Crippen LogP contribution in [0.4, 0.5) is 0 Å². The van der Waals surface area contributed by atoms with Gasteiger partial charge >= 0.3 is 0 Å². The average molecular weight is 634 g/mol. The number of fused-ring (bicyclic) bond motifs is 8. The van der Waals surface area contributed by atoms with E-state index in [0.717, 1.165) is 87.7 Å². The fraction of sp³-hybridized carbons (Fsp3) is 0. The van der Waals surface area contributed by atoms with Gasteiger partial charge in [-0.05, 0) is 71.8 Å². The van der Waals surface area contributed by atoms with E-state index in [0.29, 0.717) is 0 Å². The molecule has 0 saturated heterocycles. The molecule has 0 aliphatic carbocycles. The van der Waals surface area contributed by atoms with Crippen molar-refractivity contribution in [2.45, 2.75) is 0 Å². The molecule has 5 nitrogen and oxygen atoms in total. The Morgan fingerprint density at radius 1 is 0.396 bits per heavy atom. The number of thiophene rings is 1. The summed E-state index contributed by atoms with van der Waals surface area (Å²) in [5.41, 5.74) is 13.8. The summed E-state index contributed by atoms with van der Waals surface area (Å²) in [5.74, 6) is 0. The Hall–Kier alpha value is -6.24. The smallest absolute Gasteiger partial charge is 0.0737 e. The molecule has 2 aliphatic heterocycles. The topological polar surface area (TPSA) is 67.3 Å². The van der Waals surface area contributed by atoms with E-state index in [9.17, 15) is 0 Å². The lowest BCUT2D eigenvalue weighted by atomic mass is 10.0. The van der Waals surface area contributed by atoms with E-state index < -0.39 is 0 Å². The number of hydrogen-bond donors (Lipinski definition) is 1. The van der Waals surface area contributed by atoms with Gasteiger partial charge < -0.3 is 4.98 Å². The molecule has 0 spiro atoms. The predicted molar refractivity (Wildman–Crippen MR) is 200 cm³/mol. The second-order valence-corrected chi connectivity index (χ2v) is 12.7. The van der Waals surface area contributed by atoms with Crippen molar-refractivity contribution in [3.8, 4) is 44.5 Å². The first-order valence-electron chi connectivity index (χ1n) is 15.8. The molecule has 0 amide bonds. The highest BCUT2D eigenvalue weighted by Gasteiger charge is 2.19. The minimum atomic E-state index is 0.872. The Balaban J connectivity index is 1.49. The summed E-state index contributed by atoms with van der Waals surface area (Å²) in [5, 5.41) is 0. The molecule has 8 bridgehead atoms. The molecule has 0 saturated carbocycles. The number of benzene rings is 2. The number of nitrogens with one attached hydrogen (secondary N) is 1. The summed E-state index contributed by atoms with van der Waals surface area (Å²) >= 11 is 1.77. The van der Waals surface area contributed by atoms with E-state index in [-0.39, 0.29) is 0 Å². The van der Waals surface area contributed by atoms with Crippen LogP contribution in [-0.4, -0.2) is 24.9 Å². The molecule has 0 atom stereocenters. The molecule has 5 aromatic heterocycles. The third-order valence-corrected chi connectivity index (χ3v) is 9.77. The van der Waals surface area contributed by atoms with Gasteiger partial charge in [0.15, 0.2) is 0 Å². The third-order valence-electron chi connectivity index (χ3n) is 8.65. The van der Waals surface area contributed by atoms with Crippen LogP contribution in [0.25, 0.3) is 89.2 Å². The summed E-state index contributed by atoms with van der Waals surface area (Å²) in [6.07, 6.45) is 15.9. The van der Waals surface area contributed by atoms with Gasteiger partial charge in [0.1, 0.15) is 0 Å². The van der Waals surface area contributed by atoms with Crippen LogP contribution < -0.4 is 0 Å². The summed E-state index contributed by atoms with van der Waals surface area (Å²) < 4.78 is 2.28. The molecule has 1 N–H and O–H groups in total. The van der Waals surface area contributed by atoms with Gasteiger partial charge in [-0.25, -0.2) is 9.97 Å². The highest BCUT2D eigenvalue weighted by Crippen LogP contribution is 2.40. The van der Waals surface area contributed by atoms with Gasteiger partial charge in [-0.3, -0.25) is 9.97 Å². The quantitative estimate of drug-likeness (QED) is 0.209. The Morgan fingerprint density at radius 2 is 0.812 bits per heavy atom. The number of hydrogen-bond acceptors (Lipinski definition) is 5. The van der Waals surface area contributed by atoms with Crippen LogP contribution in [0.5, 0.6) is 0 Å². The minimum Gasteiger partial charge on any atom is -0.354 e. The Kier molecular flexibility index (Phi) is 6.91. The largest absolute Gasteiger partial charge is 0.354 e. The van der Waals surface area contributed by atoms with E-state index in [2.05, 4.69) is 136 Å². The fourth-order valence-corrected chi connectivity index (χ4v) is 7.68. The monoisotopic (exact) mass is 633 g/mol. The van der Waals surface area contributed by atoms with Gasteiger partial charge in [0.05, 0.1) is 22.8 Å². The Labute approximate surface area is 281 Å². The molecule has 7 heterocycles. The van der Waals surface area contributed by atoms with Gasteiger partial charge in [0.2, 0.25) is 0 Å². The van der Waals surface area contributed by atoms with Crippen molar-refractivity contribution in [1.82, 2.24) is 24.9 Å². The molecule has 0 unspecified atom stereocenters. The van der Waals surface area contributed by atoms with E-state index in [1.54, 1.807) is 23.7 Å². The Bertz CT molecular complexity index is 2180. The van der Waals surface area contributed by atoms with Gasteiger partial charge in [-0.2, -0.15) is 0 Å². The van der Waals surface area contributed by atoms with Gasteiger partial charge in [0.25, 0.3) is 0 Å². The van der Waals surface area contributed by atoms with Crippen LogP contribution in [0.1, 0.15) is 22.8 Å². The van der Waals surface area contributed by atoms with Crippen LogP contribution >= 0.6 is 11.3 Å². The molecule has 7 aromatic rings. The number of H-pyrrole nitrogens is 1. The average Bonchev–Trinajstić information content (AvgIpc) is 3.98. The predicted octanol–water partition coefficient (Wildman–Crippen LogP) is 10.8. The van der Waals surface area contributed by atoms with Crippen LogP contribution in [0.2, 0.25) is 0 Å². The number of aromatic nitrogens is 5. The van der Waals surface area contributed by atoms with Crippen molar-refractivity contribution < 1.29 is 0 Å². The van der Waals surface area contributed by atoms with Crippen molar-refractivity contribution in [1.29, 1.82) is 0 Å². The first kappa shape index (κ1) is 28.0. The Morgan fingerprint density at radius 3 is 1.23 bits per heavy atom. The molecule has 9 rings (SSSR count). The van der Waals surface area contributed by atoms with Crippen LogP contribution in [0, 0.1) is 0 Å². The lowest BCUT2D eigenvalue weighted by Crippen LogP contribution is -1.89. The van der Waals surface area contributed by atoms with Crippen molar-refractivity contribution >= 4 is 56.1 Å². The number of aromatic amines is 1.